The fourth-order valence-electron chi connectivity index (χ4n) is 1.84. The molecule has 5 nitrogen and oxygen atoms in total. The van der Waals surface area contributed by atoms with Crippen LogP contribution in [0.3, 0.4) is 0 Å². The average molecular weight is 297 g/mol. The normalized spacial score (nSPS) is 15.3. The van der Waals surface area contributed by atoms with E-state index in [-0.39, 0.29) is 22.5 Å². The summed E-state index contributed by atoms with van der Waals surface area (Å²) in [5.74, 6) is -0.272. The van der Waals surface area contributed by atoms with E-state index in [0.717, 1.165) is 13.1 Å². The highest BCUT2D eigenvalue weighted by Crippen LogP contribution is 2.27. The summed E-state index contributed by atoms with van der Waals surface area (Å²) in [5, 5.41) is 11.6. The van der Waals surface area contributed by atoms with E-state index in [1.165, 1.54) is 0 Å². The second kappa shape index (κ2) is 4.92. The maximum absolute atomic E-state index is 12.3. The van der Waals surface area contributed by atoms with Crippen LogP contribution in [0.2, 0.25) is 10.0 Å². The smallest absolute Gasteiger partial charge is 0.216 e. The van der Waals surface area contributed by atoms with Crippen LogP contribution < -0.4 is 5.32 Å². The number of halogens is 2. The van der Waals surface area contributed by atoms with Crippen molar-refractivity contribution in [2.75, 3.05) is 13.1 Å². The van der Waals surface area contributed by atoms with Gasteiger partial charge in [0, 0.05) is 18.7 Å². The molecule has 0 spiro atoms. The fourth-order valence-corrected chi connectivity index (χ4v) is 2.22. The van der Waals surface area contributed by atoms with Gasteiger partial charge in [0.05, 0.1) is 22.3 Å². The molecule has 0 amide bonds. The third kappa shape index (κ3) is 2.25. The number of ketones is 1. The third-order valence-corrected chi connectivity index (χ3v) is 3.89. The van der Waals surface area contributed by atoms with Crippen molar-refractivity contribution in [1.82, 2.24) is 20.3 Å². The molecule has 3 rings (SSSR count). The topological polar surface area (TPSA) is 59.8 Å². The summed E-state index contributed by atoms with van der Waals surface area (Å²) in [4.78, 5) is 12.3. The zero-order valence-corrected chi connectivity index (χ0v) is 11.3. The van der Waals surface area contributed by atoms with Crippen LogP contribution in [0.5, 0.6) is 0 Å². The van der Waals surface area contributed by atoms with Gasteiger partial charge in [0.1, 0.15) is 0 Å². The van der Waals surface area contributed by atoms with Crippen LogP contribution in [0.1, 0.15) is 22.1 Å². The number of benzene rings is 1. The van der Waals surface area contributed by atoms with Gasteiger partial charge < -0.3 is 5.32 Å². The van der Waals surface area contributed by atoms with Gasteiger partial charge in [0.25, 0.3) is 0 Å². The monoisotopic (exact) mass is 296 g/mol. The molecule has 1 aliphatic rings. The van der Waals surface area contributed by atoms with Crippen molar-refractivity contribution in [3.8, 4) is 0 Å². The zero-order valence-electron chi connectivity index (χ0n) is 9.81. The van der Waals surface area contributed by atoms with E-state index in [2.05, 4.69) is 15.6 Å². The summed E-state index contributed by atoms with van der Waals surface area (Å²) < 4.78 is 1.70. The first-order valence-corrected chi connectivity index (χ1v) is 6.53. The molecule has 1 fully saturated rings. The minimum atomic E-state index is -0.272. The highest BCUT2D eigenvalue weighted by Gasteiger charge is 2.23. The molecular weight excluding hydrogens is 287 g/mol. The quantitative estimate of drug-likeness (QED) is 0.880. The van der Waals surface area contributed by atoms with Crippen LogP contribution in [0, 0.1) is 0 Å². The van der Waals surface area contributed by atoms with Gasteiger partial charge in [-0.1, -0.05) is 34.5 Å². The minimum absolute atomic E-state index is 0.244. The van der Waals surface area contributed by atoms with E-state index in [0.29, 0.717) is 10.6 Å². The summed E-state index contributed by atoms with van der Waals surface area (Å²) in [5.41, 5.74) is 0.615. The zero-order chi connectivity index (χ0) is 13.4. The lowest BCUT2D eigenvalue weighted by molar-refractivity contribution is 0.103. The molecule has 2 heterocycles. The maximum atomic E-state index is 12.3. The number of rotatable bonds is 3. The van der Waals surface area contributed by atoms with Gasteiger partial charge in [-0.15, -0.1) is 5.10 Å². The molecule has 0 saturated carbocycles. The van der Waals surface area contributed by atoms with Gasteiger partial charge in [0.2, 0.25) is 5.78 Å². The lowest BCUT2D eigenvalue weighted by Gasteiger charge is -2.26. The molecule has 19 heavy (non-hydrogen) atoms. The Kier molecular flexibility index (Phi) is 3.26. The lowest BCUT2D eigenvalue weighted by atomic mass is 10.1. The van der Waals surface area contributed by atoms with Crippen molar-refractivity contribution >= 4 is 29.0 Å². The van der Waals surface area contributed by atoms with Gasteiger partial charge in [-0.25, -0.2) is 4.68 Å². The molecule has 1 aromatic heterocycles. The van der Waals surface area contributed by atoms with Crippen LogP contribution in [-0.4, -0.2) is 33.9 Å². The van der Waals surface area contributed by atoms with Crippen LogP contribution in [0.15, 0.2) is 24.4 Å². The molecular formula is C12H10Cl2N4O. The van der Waals surface area contributed by atoms with E-state index in [1.54, 1.807) is 29.1 Å². The maximum Gasteiger partial charge on any atom is 0.216 e. The molecule has 7 heteroatoms. The van der Waals surface area contributed by atoms with Gasteiger partial charge in [0.15, 0.2) is 5.69 Å². The molecule has 0 aliphatic carbocycles. The summed E-state index contributed by atoms with van der Waals surface area (Å²) in [6.07, 6.45) is 1.64. The number of carbonyl (C=O) groups excluding carboxylic acids is 1. The Morgan fingerprint density at radius 2 is 2.16 bits per heavy atom. The Balaban J connectivity index is 1.91. The lowest BCUT2D eigenvalue weighted by Crippen LogP contribution is -2.43. The predicted octanol–water partition coefficient (Wildman–Crippen LogP) is 1.96. The Morgan fingerprint density at radius 1 is 1.37 bits per heavy atom. The van der Waals surface area contributed by atoms with E-state index in [4.69, 9.17) is 23.2 Å². The van der Waals surface area contributed by atoms with Crippen molar-refractivity contribution in [3.63, 3.8) is 0 Å². The van der Waals surface area contributed by atoms with Gasteiger partial charge in [-0.05, 0) is 12.1 Å². The van der Waals surface area contributed by atoms with Crippen molar-refractivity contribution in [2.24, 2.45) is 0 Å². The standard InChI is InChI=1S/C12H10Cl2N4O/c13-9-3-1-2-8(11(9)14)12(19)10-6-18(17-16-10)7-4-15-5-7/h1-3,6-7,15H,4-5H2. The molecule has 1 aromatic carbocycles. The number of hydrogen-bond acceptors (Lipinski definition) is 4. The average Bonchev–Trinajstić information content (AvgIpc) is 2.79. The van der Waals surface area contributed by atoms with Crippen LogP contribution in [0.4, 0.5) is 0 Å². The Morgan fingerprint density at radius 3 is 2.84 bits per heavy atom. The van der Waals surface area contributed by atoms with E-state index < -0.39 is 0 Å². The van der Waals surface area contributed by atoms with E-state index in [9.17, 15) is 4.79 Å². The number of hydrogen-bond donors (Lipinski definition) is 1. The van der Waals surface area contributed by atoms with Crippen LogP contribution in [-0.2, 0) is 0 Å². The third-order valence-electron chi connectivity index (χ3n) is 3.07. The highest BCUT2D eigenvalue weighted by molar-refractivity contribution is 6.44. The van der Waals surface area contributed by atoms with Gasteiger partial charge in [-0.2, -0.15) is 0 Å². The molecule has 0 unspecified atom stereocenters. The van der Waals surface area contributed by atoms with Gasteiger partial charge >= 0.3 is 0 Å². The Hall–Kier alpha value is -1.43. The molecule has 2 aromatic rings. The molecule has 1 saturated heterocycles. The van der Waals surface area contributed by atoms with E-state index in [1.807, 2.05) is 0 Å². The number of aromatic nitrogens is 3. The molecule has 1 N–H and O–H groups in total. The van der Waals surface area contributed by atoms with Crippen molar-refractivity contribution < 1.29 is 4.79 Å². The number of nitrogens with zero attached hydrogens (tertiary/aromatic N) is 3. The van der Waals surface area contributed by atoms with Crippen molar-refractivity contribution in [1.29, 1.82) is 0 Å². The Bertz CT molecular complexity index is 636. The largest absolute Gasteiger partial charge is 0.312 e. The number of nitrogens with one attached hydrogen (secondary N) is 1. The molecule has 98 valence electrons. The molecule has 0 radical (unpaired) electrons. The molecule has 0 bridgehead atoms. The van der Waals surface area contributed by atoms with Crippen LogP contribution in [0.25, 0.3) is 0 Å². The second-order valence-electron chi connectivity index (χ2n) is 4.33. The number of carbonyl (C=O) groups is 1. The summed E-state index contributed by atoms with van der Waals surface area (Å²) >= 11 is 11.9. The first kappa shape index (κ1) is 12.6. The predicted molar refractivity (Wildman–Crippen MR) is 71.8 cm³/mol. The summed E-state index contributed by atoms with van der Waals surface area (Å²) in [6, 6.07) is 5.21. The highest BCUT2D eigenvalue weighted by atomic mass is 35.5. The first-order chi connectivity index (χ1) is 9.16. The van der Waals surface area contributed by atoms with Crippen molar-refractivity contribution in [2.45, 2.75) is 6.04 Å². The van der Waals surface area contributed by atoms with E-state index >= 15 is 0 Å². The SMILES string of the molecule is O=C(c1cn(C2CNC2)nn1)c1cccc(Cl)c1Cl. The van der Waals surface area contributed by atoms with Crippen molar-refractivity contribution in [3.05, 3.63) is 45.7 Å². The van der Waals surface area contributed by atoms with Gasteiger partial charge in [-0.3, -0.25) is 4.79 Å². The first-order valence-electron chi connectivity index (χ1n) is 5.78. The second-order valence-corrected chi connectivity index (χ2v) is 5.11. The summed E-state index contributed by atoms with van der Waals surface area (Å²) in [7, 11) is 0. The molecule has 1 aliphatic heterocycles. The summed E-state index contributed by atoms with van der Waals surface area (Å²) in [6.45, 7) is 1.68. The molecule has 0 atom stereocenters. The van der Waals surface area contributed by atoms with Crippen LogP contribution >= 0.6 is 23.2 Å². The Labute approximate surface area is 119 Å². The fraction of sp³-hybridized carbons (Fsp3) is 0.250. The minimum Gasteiger partial charge on any atom is -0.312 e.